The first kappa shape index (κ1) is 35.3. The molecule has 54 heavy (non-hydrogen) atoms. The second-order valence-corrected chi connectivity index (χ2v) is 14.4. The van der Waals surface area contributed by atoms with Gasteiger partial charge in [-0.1, -0.05) is 6.42 Å². The predicted octanol–water partition coefficient (Wildman–Crippen LogP) is 3.14. The van der Waals surface area contributed by atoms with E-state index in [4.69, 9.17) is 4.98 Å². The van der Waals surface area contributed by atoms with Crippen molar-refractivity contribution in [2.75, 3.05) is 56.0 Å². The maximum absolute atomic E-state index is 13.1. The number of piperazine rings is 1. The number of likely N-dealkylation sites (tertiary alicyclic amines) is 1. The quantitative estimate of drug-likeness (QED) is 0.153. The number of hydrogen-bond donors (Lipinski definition) is 3. The predicted molar refractivity (Wildman–Crippen MR) is 201 cm³/mol. The fourth-order valence-electron chi connectivity index (χ4n) is 7.86. The van der Waals surface area contributed by atoms with Crippen LogP contribution in [0.5, 0.6) is 0 Å². The number of benzene rings is 2. The molecule has 5 amide bonds. The molecule has 1 unspecified atom stereocenters. The highest BCUT2D eigenvalue weighted by Gasteiger charge is 2.44. The lowest BCUT2D eigenvalue weighted by molar-refractivity contribution is -0.136. The van der Waals surface area contributed by atoms with E-state index in [1.165, 1.54) is 5.69 Å². The van der Waals surface area contributed by atoms with Crippen LogP contribution in [0.1, 0.15) is 78.1 Å². The van der Waals surface area contributed by atoms with Crippen LogP contribution in [0.15, 0.2) is 55.0 Å². The highest BCUT2D eigenvalue weighted by Crippen LogP contribution is 2.30. The smallest absolute Gasteiger partial charge is 0.262 e. The zero-order chi connectivity index (χ0) is 37.2. The number of hydrogen-bond acceptors (Lipinski definition) is 11. The summed E-state index contributed by atoms with van der Waals surface area (Å²) < 4.78 is 2.01. The summed E-state index contributed by atoms with van der Waals surface area (Å²) in [5, 5.41) is 13.6. The highest BCUT2D eigenvalue weighted by atomic mass is 16.2. The van der Waals surface area contributed by atoms with Gasteiger partial charge in [-0.2, -0.15) is 5.10 Å². The summed E-state index contributed by atoms with van der Waals surface area (Å²) >= 11 is 0. The Kier molecular flexibility index (Phi) is 10.0. The van der Waals surface area contributed by atoms with E-state index in [2.05, 4.69) is 43.1 Å². The molecule has 6 heterocycles. The fourth-order valence-corrected chi connectivity index (χ4v) is 7.86. The molecular weight excluding hydrogens is 688 g/mol. The van der Waals surface area contributed by atoms with Crippen molar-refractivity contribution in [3.8, 4) is 11.3 Å². The minimum absolute atomic E-state index is 0.0801. The Bertz CT molecular complexity index is 2100. The summed E-state index contributed by atoms with van der Waals surface area (Å²) in [6.07, 6.45) is 10.6. The molecule has 0 spiro atoms. The fraction of sp³-hybridized carbons (Fsp3) is 0.436. The SMILES string of the molecule is O=C1CCC(N2C(=O)c3ccc(NCCCCCC(=O)N4CCC(n5cc(-c6cnc7ccc(N8CCNCC8)cc7n6)cn5)CC4)cc3C2=O)C(=O)N1. The Morgan fingerprint density at radius 1 is 0.852 bits per heavy atom. The molecule has 15 heteroatoms. The van der Waals surface area contributed by atoms with Crippen molar-refractivity contribution in [1.82, 2.24) is 40.2 Å². The average Bonchev–Trinajstić information content (AvgIpc) is 3.79. The van der Waals surface area contributed by atoms with Crippen molar-refractivity contribution >= 4 is 51.9 Å². The third kappa shape index (κ3) is 7.27. The van der Waals surface area contributed by atoms with Crippen LogP contribution in [0.3, 0.4) is 0 Å². The molecule has 4 aliphatic heterocycles. The van der Waals surface area contributed by atoms with Crippen LogP contribution in [0.4, 0.5) is 11.4 Å². The first-order chi connectivity index (χ1) is 26.3. The van der Waals surface area contributed by atoms with Gasteiger partial charge in [-0.25, -0.2) is 4.98 Å². The van der Waals surface area contributed by atoms with Crippen LogP contribution < -0.4 is 20.9 Å². The van der Waals surface area contributed by atoms with Crippen LogP contribution in [0, 0.1) is 0 Å². The van der Waals surface area contributed by atoms with Crippen molar-refractivity contribution in [3.63, 3.8) is 0 Å². The Labute approximate surface area is 312 Å². The molecule has 0 radical (unpaired) electrons. The molecular formula is C39H44N10O5. The van der Waals surface area contributed by atoms with E-state index in [1.54, 1.807) is 18.2 Å². The van der Waals surface area contributed by atoms with Crippen LogP contribution >= 0.6 is 0 Å². The molecule has 1 atom stereocenters. The standard InChI is InChI=1S/C39H44N10O5/c50-35-10-9-34(37(52)45-35)49-38(53)29-7-5-26(20-30(29)39(49)54)41-13-3-1-2-4-36(51)47-16-11-27(12-17-47)48-24-25(22-43-48)33-23-42-31-8-6-28(21-32(31)44-33)46-18-14-40-15-19-46/h5-8,20-24,27,34,40-41H,1-4,9-19H2,(H,45,50,52). The zero-order valence-electron chi connectivity index (χ0n) is 30.1. The normalized spacial score (nSPS) is 19.4. The average molecular weight is 733 g/mol. The van der Waals surface area contributed by atoms with Crippen molar-refractivity contribution < 1.29 is 24.0 Å². The van der Waals surface area contributed by atoms with E-state index in [1.807, 2.05) is 34.2 Å². The lowest BCUT2D eigenvalue weighted by Crippen LogP contribution is -2.54. The van der Waals surface area contributed by atoms with Crippen molar-refractivity contribution in [2.45, 2.75) is 63.5 Å². The summed E-state index contributed by atoms with van der Waals surface area (Å²) in [6.45, 7) is 5.94. The van der Waals surface area contributed by atoms with Crippen LogP contribution in [-0.4, -0.2) is 111 Å². The Balaban J connectivity index is 0.762. The molecule has 3 N–H and O–H groups in total. The highest BCUT2D eigenvalue weighted by molar-refractivity contribution is 6.23. The summed E-state index contributed by atoms with van der Waals surface area (Å²) in [6, 6.07) is 10.5. The summed E-state index contributed by atoms with van der Waals surface area (Å²) in [4.78, 5) is 77.8. The molecule has 2 aromatic heterocycles. The van der Waals surface area contributed by atoms with Gasteiger partial charge in [-0.3, -0.25) is 43.9 Å². The Morgan fingerprint density at radius 3 is 2.48 bits per heavy atom. The van der Waals surface area contributed by atoms with Gasteiger partial charge in [-0.15, -0.1) is 0 Å². The first-order valence-electron chi connectivity index (χ1n) is 19.0. The van der Waals surface area contributed by atoms with Gasteiger partial charge in [0.25, 0.3) is 11.8 Å². The van der Waals surface area contributed by atoms with E-state index in [-0.39, 0.29) is 35.9 Å². The number of nitrogens with one attached hydrogen (secondary N) is 3. The second kappa shape index (κ2) is 15.3. The third-order valence-electron chi connectivity index (χ3n) is 10.9. The van der Waals surface area contributed by atoms with Gasteiger partial charge < -0.3 is 20.4 Å². The molecule has 2 aromatic carbocycles. The van der Waals surface area contributed by atoms with Gasteiger partial charge in [0.2, 0.25) is 17.7 Å². The number of carbonyl (C=O) groups excluding carboxylic acids is 5. The van der Waals surface area contributed by atoms with Crippen LogP contribution in [0.25, 0.3) is 22.3 Å². The number of amides is 5. The second-order valence-electron chi connectivity index (χ2n) is 14.4. The number of rotatable bonds is 11. The minimum atomic E-state index is -0.986. The molecule has 0 bridgehead atoms. The molecule has 4 aliphatic rings. The molecule has 8 rings (SSSR count). The number of carbonyl (C=O) groups is 5. The van der Waals surface area contributed by atoms with Gasteiger partial charge in [-0.05, 0) is 68.5 Å². The van der Waals surface area contributed by atoms with Crippen molar-refractivity contribution in [3.05, 3.63) is 66.1 Å². The van der Waals surface area contributed by atoms with E-state index >= 15 is 0 Å². The van der Waals surface area contributed by atoms with Gasteiger partial charge in [0.15, 0.2) is 0 Å². The van der Waals surface area contributed by atoms with E-state index in [0.717, 1.165) is 85.5 Å². The van der Waals surface area contributed by atoms with Crippen LogP contribution in [0.2, 0.25) is 0 Å². The minimum Gasteiger partial charge on any atom is -0.385 e. The maximum Gasteiger partial charge on any atom is 0.262 e. The number of imide groups is 2. The lowest BCUT2D eigenvalue weighted by Gasteiger charge is -2.32. The Hall–Kier alpha value is -5.70. The molecule has 15 nitrogen and oxygen atoms in total. The van der Waals surface area contributed by atoms with Gasteiger partial charge in [0.05, 0.1) is 46.3 Å². The number of unbranched alkanes of at least 4 members (excludes halogenated alkanes) is 2. The monoisotopic (exact) mass is 732 g/mol. The molecule has 0 saturated carbocycles. The lowest BCUT2D eigenvalue weighted by atomic mass is 10.0. The molecule has 3 fully saturated rings. The summed E-state index contributed by atoms with van der Waals surface area (Å²) in [5.41, 5.74) is 5.84. The number of aromatic nitrogens is 4. The summed E-state index contributed by atoms with van der Waals surface area (Å²) in [5.74, 6) is -1.90. The Morgan fingerprint density at radius 2 is 1.67 bits per heavy atom. The number of nitrogens with zero attached hydrogens (tertiary/aromatic N) is 7. The van der Waals surface area contributed by atoms with Crippen molar-refractivity contribution in [2.24, 2.45) is 0 Å². The first-order valence-corrected chi connectivity index (χ1v) is 19.0. The third-order valence-corrected chi connectivity index (χ3v) is 10.9. The largest absolute Gasteiger partial charge is 0.385 e. The van der Waals surface area contributed by atoms with Crippen LogP contribution in [-0.2, 0) is 14.4 Å². The van der Waals surface area contributed by atoms with E-state index < -0.39 is 29.7 Å². The molecule has 280 valence electrons. The summed E-state index contributed by atoms with van der Waals surface area (Å²) in [7, 11) is 0. The number of piperidine rings is 2. The topological polar surface area (TPSA) is 175 Å². The van der Waals surface area contributed by atoms with Gasteiger partial charge in [0, 0.05) is 81.8 Å². The molecule has 3 saturated heterocycles. The number of anilines is 2. The van der Waals surface area contributed by atoms with E-state index in [0.29, 0.717) is 31.7 Å². The van der Waals surface area contributed by atoms with Gasteiger partial charge in [0.1, 0.15) is 6.04 Å². The van der Waals surface area contributed by atoms with E-state index in [9.17, 15) is 24.0 Å². The maximum atomic E-state index is 13.1. The van der Waals surface area contributed by atoms with Gasteiger partial charge >= 0.3 is 0 Å². The number of fused-ring (bicyclic) bond motifs is 2. The molecule has 0 aliphatic carbocycles. The molecule has 4 aromatic rings. The van der Waals surface area contributed by atoms with Crippen molar-refractivity contribution in [1.29, 1.82) is 0 Å². The zero-order valence-corrected chi connectivity index (χ0v) is 30.1.